The second kappa shape index (κ2) is 10.9. The van der Waals surface area contributed by atoms with Gasteiger partial charge in [0.05, 0.1) is 29.3 Å². The summed E-state index contributed by atoms with van der Waals surface area (Å²) >= 11 is -2.42. The van der Waals surface area contributed by atoms with Crippen LogP contribution in [0.1, 0.15) is 58.8 Å². The Labute approximate surface area is 210 Å². The maximum Gasteiger partial charge on any atom is 0.303 e. The summed E-state index contributed by atoms with van der Waals surface area (Å²) < 4.78 is 29.1. The number of pyridine rings is 1. The number of carbonyl (C=O) groups excluding carboxylic acids is 1. The molecule has 1 aliphatic rings. The number of rotatable bonds is 11. The van der Waals surface area contributed by atoms with Gasteiger partial charge < -0.3 is 19.9 Å². The first-order valence-corrected chi connectivity index (χ1v) is 12.8. The first-order chi connectivity index (χ1) is 17.2. The van der Waals surface area contributed by atoms with E-state index in [0.29, 0.717) is 22.4 Å². The number of fused-ring (bicyclic) bond motifs is 1. The third-order valence-electron chi connectivity index (χ3n) is 6.23. The van der Waals surface area contributed by atoms with Crippen LogP contribution in [-0.4, -0.2) is 59.8 Å². The molecule has 2 heterocycles. The lowest BCUT2D eigenvalue weighted by Gasteiger charge is -2.21. The van der Waals surface area contributed by atoms with Gasteiger partial charge in [-0.15, -0.1) is 0 Å². The van der Waals surface area contributed by atoms with Gasteiger partial charge in [-0.1, -0.05) is 29.8 Å². The average molecular weight is 516 g/mol. The number of aryl methyl sites for hydroxylation is 1. The fourth-order valence-electron chi connectivity index (χ4n) is 4.17. The number of furan rings is 1. The van der Waals surface area contributed by atoms with Gasteiger partial charge in [-0.05, 0) is 43.7 Å². The first kappa shape index (κ1) is 26.0. The monoisotopic (exact) mass is 515 g/mol. The number of carboxylic acids is 1. The van der Waals surface area contributed by atoms with Crippen LogP contribution in [0.15, 0.2) is 34.7 Å². The van der Waals surface area contributed by atoms with E-state index in [4.69, 9.17) is 9.52 Å². The highest BCUT2D eigenvalue weighted by atomic mass is 32.2. The van der Waals surface area contributed by atoms with E-state index < -0.39 is 23.3 Å². The zero-order valence-electron chi connectivity index (χ0n) is 20.1. The van der Waals surface area contributed by atoms with Crippen LogP contribution in [-0.2, 0) is 22.6 Å². The van der Waals surface area contributed by atoms with Crippen LogP contribution in [0.3, 0.4) is 0 Å². The van der Waals surface area contributed by atoms with Gasteiger partial charge in [0.25, 0.3) is 5.91 Å². The molecule has 1 fully saturated rings. The van der Waals surface area contributed by atoms with E-state index in [0.717, 1.165) is 33.8 Å². The van der Waals surface area contributed by atoms with Crippen molar-refractivity contribution in [2.75, 3.05) is 13.6 Å². The van der Waals surface area contributed by atoms with Gasteiger partial charge in [0.1, 0.15) is 5.76 Å². The number of aliphatic hydroxyl groups excluding tert-OH is 1. The van der Waals surface area contributed by atoms with Crippen LogP contribution in [0.25, 0.3) is 22.4 Å². The third kappa shape index (κ3) is 5.81. The summed E-state index contributed by atoms with van der Waals surface area (Å²) in [6.45, 7) is 1.72. The number of carboxylic acid groups (broad SMARTS) is 1. The van der Waals surface area contributed by atoms with Crippen molar-refractivity contribution < 1.29 is 33.0 Å². The first-order valence-electron chi connectivity index (χ1n) is 11.7. The number of aliphatic hydroxyl groups is 1. The van der Waals surface area contributed by atoms with Gasteiger partial charge in [-0.2, -0.15) is 4.31 Å². The van der Waals surface area contributed by atoms with Crippen LogP contribution in [0, 0.1) is 6.92 Å². The molecule has 3 aromatic rings. The van der Waals surface area contributed by atoms with E-state index in [2.05, 4.69) is 10.3 Å². The maximum absolute atomic E-state index is 12.9. The standard InChI is InChI=1S/C25H29N3O7S/c1-14-3-5-16(6-4-14)23-22(24(32)26-2)19-11-18(15-7-8-15)20(27-25(19)35-23)13-28(36(33)34)12-17(29)9-10-21(30)31/h3-6,11,15,17,29H,7-10,12-13H2,1-2H3,(H,26,32)(H,30,31)(H,33,34). The molecule has 2 aromatic heterocycles. The van der Waals surface area contributed by atoms with Gasteiger partial charge in [0, 0.05) is 25.6 Å². The number of aromatic nitrogens is 1. The van der Waals surface area contributed by atoms with Crippen LogP contribution >= 0.6 is 0 Å². The third-order valence-corrected chi connectivity index (χ3v) is 6.95. The van der Waals surface area contributed by atoms with Crippen molar-refractivity contribution in [3.05, 3.63) is 52.7 Å². The Hall–Kier alpha value is -3.12. The summed E-state index contributed by atoms with van der Waals surface area (Å²) in [5, 5.41) is 22.3. The van der Waals surface area contributed by atoms with Crippen molar-refractivity contribution >= 4 is 34.2 Å². The Morgan fingerprint density at radius 1 is 1.28 bits per heavy atom. The lowest BCUT2D eigenvalue weighted by atomic mass is 10.0. The largest absolute Gasteiger partial charge is 0.481 e. The second-order valence-electron chi connectivity index (χ2n) is 9.04. The molecule has 2 unspecified atom stereocenters. The number of carbonyl (C=O) groups is 2. The van der Waals surface area contributed by atoms with Crippen LogP contribution in [0.4, 0.5) is 0 Å². The molecule has 1 aliphatic carbocycles. The fraction of sp³-hybridized carbons (Fsp3) is 0.400. The van der Waals surface area contributed by atoms with Crippen LogP contribution in [0.2, 0.25) is 0 Å². The summed E-state index contributed by atoms with van der Waals surface area (Å²) in [5.74, 6) is -0.760. The number of nitrogens with zero attached hydrogens (tertiary/aromatic N) is 2. The molecule has 4 rings (SSSR count). The molecule has 4 N–H and O–H groups in total. The van der Waals surface area contributed by atoms with E-state index in [1.807, 2.05) is 37.3 Å². The lowest BCUT2D eigenvalue weighted by Crippen LogP contribution is -2.34. The fourth-order valence-corrected chi connectivity index (χ4v) is 4.71. The Morgan fingerprint density at radius 2 is 1.97 bits per heavy atom. The molecule has 0 spiro atoms. The minimum atomic E-state index is -2.42. The van der Waals surface area contributed by atoms with Crippen molar-refractivity contribution in [3.63, 3.8) is 0 Å². The number of hydrogen-bond donors (Lipinski definition) is 4. The Morgan fingerprint density at radius 3 is 2.56 bits per heavy atom. The zero-order chi connectivity index (χ0) is 26.0. The molecule has 0 bridgehead atoms. The number of aliphatic carboxylic acids is 1. The van der Waals surface area contributed by atoms with Gasteiger partial charge in [-0.25, -0.2) is 9.19 Å². The molecule has 1 aromatic carbocycles. The molecule has 36 heavy (non-hydrogen) atoms. The summed E-state index contributed by atoms with van der Waals surface area (Å²) in [6, 6.07) is 9.47. The smallest absolute Gasteiger partial charge is 0.303 e. The molecule has 1 amide bonds. The molecule has 192 valence electrons. The maximum atomic E-state index is 12.9. The molecule has 0 radical (unpaired) electrons. The van der Waals surface area contributed by atoms with Crippen molar-refractivity contribution in [3.8, 4) is 11.3 Å². The SMILES string of the molecule is CNC(=O)c1c(-c2ccc(C)cc2)oc2nc(CN(CC(O)CCC(=O)O)S(=O)O)c(C3CC3)cc12. The van der Waals surface area contributed by atoms with E-state index in [1.54, 1.807) is 7.05 Å². The van der Waals surface area contributed by atoms with Crippen LogP contribution < -0.4 is 5.32 Å². The van der Waals surface area contributed by atoms with E-state index in [-0.39, 0.29) is 43.5 Å². The number of benzene rings is 1. The molecule has 0 saturated heterocycles. The Bertz CT molecular complexity index is 1300. The molecule has 0 aliphatic heterocycles. The number of hydrogen-bond acceptors (Lipinski definition) is 6. The molecule has 10 nitrogen and oxygen atoms in total. The molecule has 2 atom stereocenters. The van der Waals surface area contributed by atoms with Gasteiger partial charge >= 0.3 is 5.97 Å². The zero-order valence-corrected chi connectivity index (χ0v) is 20.9. The summed E-state index contributed by atoms with van der Waals surface area (Å²) in [4.78, 5) is 28.4. The predicted molar refractivity (Wildman–Crippen MR) is 134 cm³/mol. The minimum Gasteiger partial charge on any atom is -0.481 e. The van der Waals surface area contributed by atoms with Crippen molar-refractivity contribution in [1.29, 1.82) is 0 Å². The van der Waals surface area contributed by atoms with Crippen LogP contribution in [0.5, 0.6) is 0 Å². The van der Waals surface area contributed by atoms with Gasteiger partial charge in [0.15, 0.2) is 0 Å². The Balaban J connectivity index is 1.75. The van der Waals surface area contributed by atoms with Gasteiger partial charge in [-0.3, -0.25) is 14.1 Å². The topological polar surface area (TPSA) is 153 Å². The average Bonchev–Trinajstić information content (AvgIpc) is 3.62. The van der Waals surface area contributed by atoms with Crippen molar-refractivity contribution in [2.45, 2.75) is 51.2 Å². The van der Waals surface area contributed by atoms with E-state index >= 15 is 0 Å². The van der Waals surface area contributed by atoms with Crippen molar-refractivity contribution in [1.82, 2.24) is 14.6 Å². The molecule has 11 heteroatoms. The second-order valence-corrected chi connectivity index (χ2v) is 10.0. The van der Waals surface area contributed by atoms with Crippen molar-refractivity contribution in [2.24, 2.45) is 0 Å². The lowest BCUT2D eigenvalue weighted by molar-refractivity contribution is -0.137. The predicted octanol–water partition coefficient (Wildman–Crippen LogP) is 3.20. The summed E-state index contributed by atoms with van der Waals surface area (Å²) in [5.41, 5.74) is 3.79. The number of amides is 1. The Kier molecular flexibility index (Phi) is 7.84. The van der Waals surface area contributed by atoms with E-state index in [9.17, 15) is 23.5 Å². The van der Waals surface area contributed by atoms with Gasteiger partial charge in [0.2, 0.25) is 17.0 Å². The minimum absolute atomic E-state index is 0.0431. The summed E-state index contributed by atoms with van der Waals surface area (Å²) in [7, 11) is 1.55. The highest BCUT2D eigenvalue weighted by Crippen LogP contribution is 2.44. The highest BCUT2D eigenvalue weighted by molar-refractivity contribution is 7.76. The molecule has 1 saturated carbocycles. The number of nitrogens with one attached hydrogen (secondary N) is 1. The highest BCUT2D eigenvalue weighted by Gasteiger charge is 2.32. The quantitative estimate of drug-likeness (QED) is 0.284. The molecular weight excluding hydrogens is 486 g/mol. The normalized spacial score (nSPS) is 15.2. The molecular formula is C25H29N3O7S. The van der Waals surface area contributed by atoms with E-state index in [1.165, 1.54) is 0 Å². The summed E-state index contributed by atoms with van der Waals surface area (Å²) in [6.07, 6.45) is 0.477.